The minimum atomic E-state index is -4.92. The topological polar surface area (TPSA) is 38.3 Å². The Kier molecular flexibility index (Phi) is 8.13. The minimum absolute atomic E-state index is 0.00755. The Morgan fingerprint density at radius 1 is 0.972 bits per heavy atom. The van der Waals surface area contributed by atoms with Crippen LogP contribution in [0.3, 0.4) is 0 Å². The molecule has 0 unspecified atom stereocenters. The van der Waals surface area contributed by atoms with Gasteiger partial charge in [-0.1, -0.05) is 44.2 Å². The number of carbonyl (C=O) groups excluding carboxylic acids is 1. The fourth-order valence-corrected chi connectivity index (χ4v) is 4.68. The van der Waals surface area contributed by atoms with Gasteiger partial charge >= 0.3 is 12.4 Å². The maximum absolute atomic E-state index is 13.3. The molecule has 0 bridgehead atoms. The zero-order chi connectivity index (χ0) is 26.8. The van der Waals surface area contributed by atoms with Gasteiger partial charge in [-0.15, -0.1) is 0 Å². The molecular weight excluding hydrogens is 484 g/mol. The van der Waals surface area contributed by atoms with Gasteiger partial charge in [0.05, 0.1) is 23.8 Å². The third kappa shape index (κ3) is 6.60. The molecule has 0 aliphatic carbocycles. The second-order valence-corrected chi connectivity index (χ2v) is 9.90. The number of rotatable bonds is 9. The van der Waals surface area contributed by atoms with Gasteiger partial charge in [0, 0.05) is 17.4 Å². The molecule has 1 N–H and O–H groups in total. The van der Waals surface area contributed by atoms with Crippen molar-refractivity contribution in [2.45, 2.75) is 82.3 Å². The second-order valence-electron chi connectivity index (χ2n) is 9.90. The van der Waals surface area contributed by atoms with Crippen molar-refractivity contribution >= 4 is 5.91 Å². The first-order valence-electron chi connectivity index (χ1n) is 11.9. The van der Waals surface area contributed by atoms with E-state index in [-0.39, 0.29) is 29.7 Å². The van der Waals surface area contributed by atoms with Crippen molar-refractivity contribution in [2.24, 2.45) is 0 Å². The summed E-state index contributed by atoms with van der Waals surface area (Å²) in [4.78, 5) is 11.9. The van der Waals surface area contributed by atoms with Gasteiger partial charge in [0.15, 0.2) is 0 Å². The summed E-state index contributed by atoms with van der Waals surface area (Å²) in [5.74, 6) is 0.00755. The van der Waals surface area contributed by atoms with E-state index in [2.05, 4.69) is 5.32 Å². The van der Waals surface area contributed by atoms with Gasteiger partial charge in [-0.2, -0.15) is 26.3 Å². The highest BCUT2D eigenvalue weighted by Crippen LogP contribution is 2.40. The molecule has 2 aromatic rings. The van der Waals surface area contributed by atoms with Crippen molar-refractivity contribution in [1.82, 2.24) is 5.32 Å². The molecule has 36 heavy (non-hydrogen) atoms. The lowest BCUT2D eigenvalue weighted by atomic mass is 9.75. The van der Waals surface area contributed by atoms with Crippen LogP contribution in [0.1, 0.15) is 81.2 Å². The van der Waals surface area contributed by atoms with Gasteiger partial charge in [0.2, 0.25) is 5.91 Å². The highest BCUT2D eigenvalue weighted by atomic mass is 19.4. The van der Waals surface area contributed by atoms with Crippen molar-refractivity contribution in [3.05, 3.63) is 70.8 Å². The molecule has 9 heteroatoms. The average molecular weight is 516 g/mol. The van der Waals surface area contributed by atoms with Crippen LogP contribution < -0.4 is 5.32 Å². The van der Waals surface area contributed by atoms with Crippen molar-refractivity contribution in [3.63, 3.8) is 0 Å². The number of alkyl halides is 6. The largest absolute Gasteiger partial charge is 0.416 e. The van der Waals surface area contributed by atoms with Gasteiger partial charge in [0.25, 0.3) is 0 Å². The smallest absolute Gasteiger partial charge is 0.373 e. The highest BCUT2D eigenvalue weighted by Gasteiger charge is 2.40. The van der Waals surface area contributed by atoms with Crippen molar-refractivity contribution in [3.8, 4) is 0 Å². The Hall–Kier alpha value is -2.55. The third-order valence-electron chi connectivity index (χ3n) is 7.27. The number of amides is 1. The Bertz CT molecular complexity index is 1020. The van der Waals surface area contributed by atoms with Crippen molar-refractivity contribution in [1.29, 1.82) is 0 Å². The maximum atomic E-state index is 13.3. The molecule has 1 saturated heterocycles. The number of benzene rings is 2. The quantitative estimate of drug-likeness (QED) is 0.349. The molecule has 0 spiro atoms. The monoisotopic (exact) mass is 515 g/mol. The number of hydrogen-bond acceptors (Lipinski definition) is 2. The Morgan fingerprint density at radius 2 is 1.56 bits per heavy atom. The first kappa shape index (κ1) is 28.0. The molecule has 198 valence electrons. The van der Waals surface area contributed by atoms with E-state index in [1.165, 1.54) is 6.92 Å². The molecule has 1 aliphatic rings. The molecule has 3 nitrogen and oxygen atoms in total. The van der Waals surface area contributed by atoms with Crippen LogP contribution in [-0.4, -0.2) is 18.1 Å². The molecule has 0 saturated carbocycles. The fraction of sp³-hybridized carbons (Fsp3) is 0.519. The standard InChI is InChI=1S/C27H31F6NO2/c1-4-25(11-10-23(35)34-25)13-12-24(3,20-8-6-5-7-9-20)17-36-18(2)19-14-21(26(28,29)30)16-22(15-19)27(31,32)33/h5-9,14-16,18H,4,10-13,17H2,1-3H3,(H,34,35)/t18-,24+,25-/m1/s1. The van der Waals surface area contributed by atoms with Gasteiger partial charge in [0.1, 0.15) is 0 Å². The van der Waals surface area contributed by atoms with Gasteiger partial charge < -0.3 is 10.1 Å². The number of ether oxygens (including phenoxy) is 1. The molecule has 3 rings (SSSR count). The van der Waals surface area contributed by atoms with Crippen LogP contribution in [0.15, 0.2) is 48.5 Å². The molecule has 1 heterocycles. The lowest BCUT2D eigenvalue weighted by Gasteiger charge is -2.36. The summed E-state index contributed by atoms with van der Waals surface area (Å²) in [6, 6.07) is 11.0. The van der Waals surface area contributed by atoms with E-state index in [9.17, 15) is 31.1 Å². The minimum Gasteiger partial charge on any atom is -0.373 e. The Labute approximate surface area is 207 Å². The zero-order valence-electron chi connectivity index (χ0n) is 20.5. The summed E-state index contributed by atoms with van der Waals surface area (Å²) in [6.07, 6.45) is -7.65. The number of hydrogen-bond donors (Lipinski definition) is 1. The Balaban J connectivity index is 1.85. The molecule has 1 fully saturated rings. The number of halogens is 6. The predicted molar refractivity (Wildman–Crippen MR) is 124 cm³/mol. The van der Waals surface area contributed by atoms with E-state index in [4.69, 9.17) is 4.74 Å². The molecule has 0 radical (unpaired) electrons. The van der Waals surface area contributed by atoms with Crippen molar-refractivity contribution < 1.29 is 35.9 Å². The first-order chi connectivity index (χ1) is 16.7. The van der Waals surface area contributed by atoms with E-state index in [0.717, 1.165) is 18.4 Å². The molecular formula is C27H31F6NO2. The molecule has 2 aromatic carbocycles. The Morgan fingerprint density at radius 3 is 2.03 bits per heavy atom. The molecule has 3 atom stereocenters. The van der Waals surface area contributed by atoms with E-state index in [0.29, 0.717) is 31.4 Å². The molecule has 0 aromatic heterocycles. The summed E-state index contributed by atoms with van der Waals surface area (Å²) in [6.45, 7) is 5.49. The summed E-state index contributed by atoms with van der Waals surface area (Å²) >= 11 is 0. The average Bonchev–Trinajstić information content (AvgIpc) is 3.21. The SMILES string of the molecule is CC[C@]1(CC[C@@](C)(CO[C@H](C)c2cc(C(F)(F)F)cc(C(F)(F)F)c2)c2ccccc2)CCC(=O)N1. The van der Waals surface area contributed by atoms with Crippen LogP contribution in [0.5, 0.6) is 0 Å². The predicted octanol–water partition coefficient (Wildman–Crippen LogP) is 7.60. The molecule has 1 amide bonds. The summed E-state index contributed by atoms with van der Waals surface area (Å²) in [5.41, 5.74) is -2.90. The van der Waals surface area contributed by atoms with Crippen LogP contribution in [0, 0.1) is 0 Å². The van der Waals surface area contributed by atoms with E-state index >= 15 is 0 Å². The number of nitrogens with one attached hydrogen (secondary N) is 1. The zero-order valence-corrected chi connectivity index (χ0v) is 20.5. The van der Waals surface area contributed by atoms with Crippen LogP contribution in [0.4, 0.5) is 26.3 Å². The van der Waals surface area contributed by atoms with Crippen LogP contribution in [0.2, 0.25) is 0 Å². The van der Waals surface area contributed by atoms with Gasteiger partial charge in [-0.05, 0) is 61.9 Å². The normalized spacial score (nSPS) is 21.2. The molecule has 1 aliphatic heterocycles. The van der Waals surface area contributed by atoms with Crippen molar-refractivity contribution in [2.75, 3.05) is 6.61 Å². The lowest BCUT2D eigenvalue weighted by Crippen LogP contribution is -2.43. The summed E-state index contributed by atoms with van der Waals surface area (Å²) < 4.78 is 85.8. The summed E-state index contributed by atoms with van der Waals surface area (Å²) in [7, 11) is 0. The lowest BCUT2D eigenvalue weighted by molar-refractivity contribution is -0.143. The third-order valence-corrected chi connectivity index (χ3v) is 7.27. The van der Waals surface area contributed by atoms with Crippen LogP contribution in [-0.2, 0) is 27.3 Å². The summed E-state index contributed by atoms with van der Waals surface area (Å²) in [5, 5.41) is 3.08. The van der Waals surface area contributed by atoms with Crippen LogP contribution in [0.25, 0.3) is 0 Å². The second kappa shape index (κ2) is 10.4. The van der Waals surface area contributed by atoms with E-state index in [1.807, 2.05) is 44.2 Å². The van der Waals surface area contributed by atoms with Crippen LogP contribution >= 0.6 is 0 Å². The van der Waals surface area contributed by atoms with Gasteiger partial charge in [-0.3, -0.25) is 4.79 Å². The fourth-order valence-electron chi connectivity index (χ4n) is 4.68. The maximum Gasteiger partial charge on any atom is 0.416 e. The van der Waals surface area contributed by atoms with E-state index in [1.54, 1.807) is 0 Å². The van der Waals surface area contributed by atoms with Gasteiger partial charge in [-0.25, -0.2) is 0 Å². The van der Waals surface area contributed by atoms with E-state index < -0.39 is 35.0 Å². The number of carbonyl (C=O) groups is 1. The first-order valence-corrected chi connectivity index (χ1v) is 11.9. The highest BCUT2D eigenvalue weighted by molar-refractivity contribution is 5.79.